The maximum absolute atomic E-state index is 12.1. The van der Waals surface area contributed by atoms with Crippen molar-refractivity contribution in [1.29, 1.82) is 0 Å². The van der Waals surface area contributed by atoms with Crippen molar-refractivity contribution in [3.63, 3.8) is 0 Å². The third-order valence-electron chi connectivity index (χ3n) is 3.83. The molecule has 2 N–H and O–H groups in total. The molecule has 0 radical (unpaired) electrons. The van der Waals surface area contributed by atoms with Gasteiger partial charge in [-0.25, -0.2) is 0 Å². The smallest absolute Gasteiger partial charge is 0.251 e. The number of pyridine rings is 1. The molecule has 0 fully saturated rings. The molecule has 0 unspecified atom stereocenters. The van der Waals surface area contributed by atoms with Crippen LogP contribution in [0.25, 0.3) is 0 Å². The summed E-state index contributed by atoms with van der Waals surface area (Å²) in [6.07, 6.45) is 1.11. The molecule has 0 bridgehead atoms. The van der Waals surface area contributed by atoms with Crippen LogP contribution in [0.15, 0.2) is 47.4 Å². The highest BCUT2D eigenvalue weighted by atomic mass is 16.7. The van der Waals surface area contributed by atoms with Crippen LogP contribution in [-0.2, 0) is 20.8 Å². The summed E-state index contributed by atoms with van der Waals surface area (Å²) in [5.74, 6) is -0.610. The van der Waals surface area contributed by atoms with Gasteiger partial charge in [0.05, 0.1) is 6.54 Å². The second kappa shape index (κ2) is 9.65. The van der Waals surface area contributed by atoms with E-state index >= 15 is 0 Å². The number of hydrogen-bond acceptors (Lipinski definition) is 5. The van der Waals surface area contributed by atoms with Crippen molar-refractivity contribution in [3.8, 4) is 0 Å². The maximum atomic E-state index is 12.1. The van der Waals surface area contributed by atoms with Gasteiger partial charge in [-0.15, -0.1) is 0 Å². The molecule has 0 spiro atoms. The van der Waals surface area contributed by atoms with Crippen molar-refractivity contribution in [3.05, 3.63) is 64.1 Å². The zero-order valence-electron chi connectivity index (χ0n) is 15.5. The maximum Gasteiger partial charge on any atom is 0.251 e. The van der Waals surface area contributed by atoms with E-state index in [4.69, 9.17) is 9.47 Å². The number of nitrogens with one attached hydrogen (secondary N) is 2. The zero-order chi connectivity index (χ0) is 19.8. The molecule has 0 aliphatic heterocycles. The summed E-state index contributed by atoms with van der Waals surface area (Å²) in [5.41, 5.74) is 1.62. The summed E-state index contributed by atoms with van der Waals surface area (Å²) in [7, 11) is 2.98. The Bertz CT molecular complexity index is 841. The number of carbonyl (C=O) groups is 2. The van der Waals surface area contributed by atoms with Crippen LogP contribution in [0.1, 0.15) is 15.9 Å². The quantitative estimate of drug-likeness (QED) is 0.676. The Labute approximate surface area is 157 Å². The first-order chi connectivity index (χ1) is 12.9. The van der Waals surface area contributed by atoms with Crippen molar-refractivity contribution in [1.82, 2.24) is 9.88 Å². The fourth-order valence-corrected chi connectivity index (χ4v) is 2.38. The van der Waals surface area contributed by atoms with E-state index in [1.54, 1.807) is 36.5 Å². The molecule has 2 aromatic rings. The Morgan fingerprint density at radius 1 is 1.07 bits per heavy atom. The van der Waals surface area contributed by atoms with Crippen LogP contribution in [0.2, 0.25) is 0 Å². The number of carbonyl (C=O) groups excluding carboxylic acids is 2. The zero-order valence-corrected chi connectivity index (χ0v) is 15.5. The second-order valence-electron chi connectivity index (χ2n) is 5.91. The summed E-state index contributed by atoms with van der Waals surface area (Å²) in [5, 5.41) is 5.39. The lowest BCUT2D eigenvalue weighted by molar-refractivity contribution is -0.116. The van der Waals surface area contributed by atoms with E-state index in [-0.39, 0.29) is 30.5 Å². The van der Waals surface area contributed by atoms with Crippen LogP contribution >= 0.6 is 0 Å². The predicted molar refractivity (Wildman–Crippen MR) is 101 cm³/mol. The Hall–Kier alpha value is -2.97. The Balaban J connectivity index is 1.93. The summed E-state index contributed by atoms with van der Waals surface area (Å²) >= 11 is 0. The van der Waals surface area contributed by atoms with Gasteiger partial charge in [0.1, 0.15) is 6.54 Å². The highest BCUT2D eigenvalue weighted by molar-refractivity contribution is 5.95. The third kappa shape index (κ3) is 6.05. The van der Waals surface area contributed by atoms with Crippen molar-refractivity contribution < 1.29 is 19.1 Å². The molecule has 0 aliphatic carbocycles. The van der Waals surface area contributed by atoms with Crippen molar-refractivity contribution >= 4 is 17.5 Å². The Morgan fingerprint density at radius 3 is 2.37 bits per heavy atom. The fraction of sp³-hybridized carbons (Fsp3) is 0.316. The van der Waals surface area contributed by atoms with Crippen molar-refractivity contribution in [2.45, 2.75) is 19.8 Å². The van der Waals surface area contributed by atoms with E-state index in [0.717, 1.165) is 5.56 Å². The van der Waals surface area contributed by atoms with E-state index in [1.165, 1.54) is 24.9 Å². The van der Waals surface area contributed by atoms with Gasteiger partial charge < -0.3 is 24.7 Å². The minimum absolute atomic E-state index is 0.0851. The number of hydrogen-bond donors (Lipinski definition) is 2. The highest BCUT2D eigenvalue weighted by Crippen LogP contribution is 2.10. The lowest BCUT2D eigenvalue weighted by Gasteiger charge is -2.14. The molecule has 1 aromatic heterocycles. The molecule has 8 nitrogen and oxygen atoms in total. The average Bonchev–Trinajstić information content (AvgIpc) is 2.66. The standard InChI is InChI=1S/C19H23N3O5/c1-13-4-9-17(24)22(11-13)12-16(23)21-15-7-5-14(6-8-15)19(25)20-10-18(26-2)27-3/h4-9,11,18H,10,12H2,1-3H3,(H,20,25)(H,21,23). The number of methoxy groups -OCH3 is 2. The average molecular weight is 373 g/mol. The Morgan fingerprint density at radius 2 is 1.74 bits per heavy atom. The van der Waals surface area contributed by atoms with E-state index < -0.39 is 6.29 Å². The predicted octanol–water partition coefficient (Wildman–Crippen LogP) is 1.14. The first-order valence-electron chi connectivity index (χ1n) is 8.33. The molecule has 0 atom stereocenters. The normalized spacial score (nSPS) is 10.7. The first-order valence-corrected chi connectivity index (χ1v) is 8.33. The molecule has 0 saturated heterocycles. The van der Waals surface area contributed by atoms with Gasteiger partial charge in [0.2, 0.25) is 5.91 Å². The van der Waals surface area contributed by atoms with Crippen molar-refractivity contribution in [2.75, 3.05) is 26.1 Å². The summed E-state index contributed by atoms with van der Waals surface area (Å²) < 4.78 is 11.4. The topological polar surface area (TPSA) is 98.7 Å². The van der Waals surface area contributed by atoms with Gasteiger partial charge in [0.15, 0.2) is 6.29 Å². The van der Waals surface area contributed by atoms with Crippen LogP contribution in [-0.4, -0.2) is 43.4 Å². The van der Waals surface area contributed by atoms with E-state index in [0.29, 0.717) is 11.3 Å². The molecule has 1 heterocycles. The van der Waals surface area contributed by atoms with E-state index in [9.17, 15) is 14.4 Å². The van der Waals surface area contributed by atoms with E-state index in [1.807, 2.05) is 6.92 Å². The molecule has 144 valence electrons. The number of ether oxygens (including phenoxy) is 2. The van der Waals surface area contributed by atoms with Crippen LogP contribution in [0.4, 0.5) is 5.69 Å². The van der Waals surface area contributed by atoms with Crippen LogP contribution in [0.5, 0.6) is 0 Å². The number of aromatic nitrogens is 1. The molecule has 2 amide bonds. The van der Waals surface area contributed by atoms with Gasteiger partial charge in [0.25, 0.3) is 11.5 Å². The molecular formula is C19H23N3O5. The minimum atomic E-state index is -0.516. The lowest BCUT2D eigenvalue weighted by atomic mass is 10.2. The summed E-state index contributed by atoms with van der Waals surface area (Å²) in [6.45, 7) is 1.98. The summed E-state index contributed by atoms with van der Waals surface area (Å²) in [4.78, 5) is 36.0. The minimum Gasteiger partial charge on any atom is -0.354 e. The first kappa shape index (κ1) is 20.3. The van der Waals surface area contributed by atoms with Gasteiger partial charge in [0, 0.05) is 37.7 Å². The number of anilines is 1. The van der Waals surface area contributed by atoms with Crippen LogP contribution < -0.4 is 16.2 Å². The fourth-order valence-electron chi connectivity index (χ4n) is 2.38. The number of amides is 2. The molecule has 8 heteroatoms. The molecule has 2 rings (SSSR count). The number of rotatable bonds is 8. The molecule has 0 saturated carbocycles. The summed E-state index contributed by atoms with van der Waals surface area (Å²) in [6, 6.07) is 9.55. The van der Waals surface area contributed by atoms with Gasteiger partial charge in [-0.05, 0) is 36.8 Å². The van der Waals surface area contributed by atoms with Gasteiger partial charge in [-0.1, -0.05) is 6.07 Å². The lowest BCUT2D eigenvalue weighted by Crippen LogP contribution is -2.34. The molecule has 0 aliphatic rings. The van der Waals surface area contributed by atoms with Crippen molar-refractivity contribution in [2.24, 2.45) is 0 Å². The highest BCUT2D eigenvalue weighted by Gasteiger charge is 2.10. The largest absolute Gasteiger partial charge is 0.354 e. The molecule has 1 aromatic carbocycles. The third-order valence-corrected chi connectivity index (χ3v) is 3.83. The molecular weight excluding hydrogens is 350 g/mol. The number of benzene rings is 1. The van der Waals surface area contributed by atoms with E-state index in [2.05, 4.69) is 10.6 Å². The van der Waals surface area contributed by atoms with Gasteiger partial charge in [-0.2, -0.15) is 0 Å². The Kier molecular flexibility index (Phi) is 7.27. The number of aryl methyl sites for hydroxylation is 1. The van der Waals surface area contributed by atoms with Crippen LogP contribution in [0, 0.1) is 6.92 Å². The van der Waals surface area contributed by atoms with Gasteiger partial charge in [-0.3, -0.25) is 14.4 Å². The number of nitrogens with zero attached hydrogens (tertiary/aromatic N) is 1. The van der Waals surface area contributed by atoms with Gasteiger partial charge >= 0.3 is 0 Å². The van der Waals surface area contributed by atoms with Crippen LogP contribution in [0.3, 0.4) is 0 Å². The second-order valence-corrected chi connectivity index (χ2v) is 5.91. The monoisotopic (exact) mass is 373 g/mol. The molecule has 27 heavy (non-hydrogen) atoms. The SMILES string of the molecule is COC(CNC(=O)c1ccc(NC(=O)Cn2cc(C)ccc2=O)cc1)OC.